The summed E-state index contributed by atoms with van der Waals surface area (Å²) in [5, 5.41) is 9.95. The Morgan fingerprint density at radius 1 is 1.25 bits per heavy atom. The predicted molar refractivity (Wildman–Crippen MR) is 82.2 cm³/mol. The third-order valence-electron chi connectivity index (χ3n) is 4.78. The summed E-state index contributed by atoms with van der Waals surface area (Å²) < 4.78 is 38.8. The topological polar surface area (TPSA) is 43.8 Å². The molecule has 3 rings (SSSR count). The van der Waals surface area contributed by atoms with E-state index in [0.29, 0.717) is 18.5 Å². The van der Waals surface area contributed by atoms with Gasteiger partial charge in [0.2, 0.25) is 5.91 Å². The Labute approximate surface area is 138 Å². The number of benzene rings is 1. The maximum Gasteiger partial charge on any atom is 0.416 e. The van der Waals surface area contributed by atoms with Gasteiger partial charge in [-0.2, -0.15) is 13.2 Å². The molecule has 0 saturated carbocycles. The lowest BCUT2D eigenvalue weighted by molar-refractivity contribution is -0.137. The zero-order valence-electron chi connectivity index (χ0n) is 13.3. The molecule has 2 fully saturated rings. The van der Waals surface area contributed by atoms with E-state index in [1.807, 2.05) is 0 Å². The van der Waals surface area contributed by atoms with E-state index in [9.17, 15) is 23.1 Å². The van der Waals surface area contributed by atoms with Gasteiger partial charge in [-0.1, -0.05) is 12.1 Å². The number of likely N-dealkylation sites (tertiary alicyclic amines) is 2. The van der Waals surface area contributed by atoms with Crippen LogP contribution in [0.3, 0.4) is 0 Å². The molecule has 0 aromatic heterocycles. The first-order valence-corrected chi connectivity index (χ1v) is 8.21. The first kappa shape index (κ1) is 17.2. The molecule has 0 aliphatic carbocycles. The summed E-state index contributed by atoms with van der Waals surface area (Å²) >= 11 is 0. The molecule has 132 valence electrons. The molecule has 0 bridgehead atoms. The van der Waals surface area contributed by atoms with Crippen LogP contribution in [0.4, 0.5) is 13.2 Å². The largest absolute Gasteiger partial charge is 0.416 e. The summed E-state index contributed by atoms with van der Waals surface area (Å²) in [4.78, 5) is 15.9. The number of rotatable bonds is 3. The molecule has 2 aliphatic heterocycles. The van der Waals surface area contributed by atoms with Crippen molar-refractivity contribution >= 4 is 5.91 Å². The highest BCUT2D eigenvalue weighted by molar-refractivity contribution is 5.78. The van der Waals surface area contributed by atoms with E-state index in [-0.39, 0.29) is 18.5 Å². The van der Waals surface area contributed by atoms with Crippen molar-refractivity contribution in [3.05, 3.63) is 35.4 Å². The van der Waals surface area contributed by atoms with Crippen molar-refractivity contribution in [2.24, 2.45) is 0 Å². The lowest BCUT2D eigenvalue weighted by Crippen LogP contribution is -2.39. The van der Waals surface area contributed by atoms with Crippen LogP contribution in [-0.2, 0) is 11.0 Å². The van der Waals surface area contributed by atoms with E-state index in [1.54, 1.807) is 15.9 Å². The van der Waals surface area contributed by atoms with E-state index in [0.717, 1.165) is 38.1 Å². The highest BCUT2D eigenvalue weighted by atomic mass is 19.4. The van der Waals surface area contributed by atoms with Gasteiger partial charge in [0.05, 0.1) is 18.2 Å². The zero-order valence-corrected chi connectivity index (χ0v) is 13.3. The lowest BCUT2D eigenvalue weighted by atomic mass is 10.0. The van der Waals surface area contributed by atoms with Crippen molar-refractivity contribution in [1.29, 1.82) is 0 Å². The Morgan fingerprint density at radius 2 is 1.96 bits per heavy atom. The molecule has 2 saturated heterocycles. The average Bonchev–Trinajstić information content (AvgIpc) is 3.16. The highest BCUT2D eigenvalue weighted by Gasteiger charge is 2.36. The van der Waals surface area contributed by atoms with Crippen LogP contribution < -0.4 is 0 Å². The molecule has 1 amide bonds. The van der Waals surface area contributed by atoms with E-state index >= 15 is 0 Å². The number of aliphatic hydroxyl groups excluding tert-OH is 1. The second kappa shape index (κ2) is 6.72. The number of hydrogen-bond donors (Lipinski definition) is 1. The van der Waals surface area contributed by atoms with Crippen LogP contribution in [-0.4, -0.2) is 53.1 Å². The minimum Gasteiger partial charge on any atom is -0.392 e. The number of hydrogen-bond acceptors (Lipinski definition) is 3. The van der Waals surface area contributed by atoms with Crippen LogP contribution >= 0.6 is 0 Å². The van der Waals surface area contributed by atoms with Gasteiger partial charge in [-0.3, -0.25) is 9.69 Å². The van der Waals surface area contributed by atoms with E-state index < -0.39 is 17.8 Å². The highest BCUT2D eigenvalue weighted by Crippen LogP contribution is 2.36. The molecule has 7 heteroatoms. The number of β-amino-alcohol motifs (C(OH)–C–C–N with tert-alkyl or cyclic N) is 1. The number of aliphatic hydroxyl groups is 1. The standard InChI is InChI=1S/C17H21F3N2O2/c18-17(19,20)13-5-3-4-12(8-13)15-9-14(23)10-22(15)11-16(24)21-6-1-2-7-21/h3-5,8,14-15,23H,1-2,6-7,9-11H2/t14-,15+/m1/s1. The first-order chi connectivity index (χ1) is 11.3. The van der Waals surface area contributed by atoms with Crippen LogP contribution in [0.15, 0.2) is 24.3 Å². The molecule has 2 aliphatic rings. The number of halogens is 3. The van der Waals surface area contributed by atoms with E-state index in [1.165, 1.54) is 6.07 Å². The summed E-state index contributed by atoms with van der Waals surface area (Å²) in [6, 6.07) is 4.80. The van der Waals surface area contributed by atoms with Gasteiger partial charge in [-0.15, -0.1) is 0 Å². The molecule has 1 aromatic carbocycles. The van der Waals surface area contributed by atoms with Crippen LogP contribution in [0.2, 0.25) is 0 Å². The SMILES string of the molecule is O=C(CN1C[C@H](O)C[C@H]1c1cccc(C(F)(F)F)c1)N1CCCC1. The monoisotopic (exact) mass is 342 g/mol. The Morgan fingerprint density at radius 3 is 2.62 bits per heavy atom. The van der Waals surface area contributed by atoms with Crippen molar-refractivity contribution < 1.29 is 23.1 Å². The minimum atomic E-state index is -4.40. The molecule has 0 radical (unpaired) electrons. The summed E-state index contributed by atoms with van der Waals surface area (Å²) in [6.45, 7) is 1.92. The summed E-state index contributed by atoms with van der Waals surface area (Å²) in [5.74, 6) is -0.0152. The predicted octanol–water partition coefficient (Wildman–Crippen LogP) is 2.44. The van der Waals surface area contributed by atoms with Gasteiger partial charge in [-0.25, -0.2) is 0 Å². The molecule has 2 heterocycles. The van der Waals surface area contributed by atoms with Crippen molar-refractivity contribution in [3.8, 4) is 0 Å². The zero-order chi connectivity index (χ0) is 17.3. The molecule has 1 N–H and O–H groups in total. The summed E-state index contributed by atoms with van der Waals surface area (Å²) in [6.07, 6.45) is -2.70. The van der Waals surface area contributed by atoms with Crippen molar-refractivity contribution in [3.63, 3.8) is 0 Å². The maximum atomic E-state index is 12.9. The van der Waals surface area contributed by atoms with Gasteiger partial charge in [-0.05, 0) is 37.0 Å². The Hall–Kier alpha value is -1.60. The molecule has 1 aromatic rings. The number of nitrogens with zero attached hydrogens (tertiary/aromatic N) is 2. The van der Waals surface area contributed by atoms with Crippen LogP contribution in [0, 0.1) is 0 Å². The summed E-state index contributed by atoms with van der Waals surface area (Å²) in [5.41, 5.74) is -0.206. The molecular weight excluding hydrogens is 321 g/mol. The Kier molecular flexibility index (Phi) is 4.83. The normalized spacial score (nSPS) is 25.4. The van der Waals surface area contributed by atoms with Crippen LogP contribution in [0.25, 0.3) is 0 Å². The second-order valence-corrected chi connectivity index (χ2v) is 6.55. The summed E-state index contributed by atoms with van der Waals surface area (Å²) in [7, 11) is 0. The van der Waals surface area contributed by atoms with Crippen molar-refractivity contribution in [2.75, 3.05) is 26.2 Å². The number of amides is 1. The van der Waals surface area contributed by atoms with Gasteiger partial charge in [0.25, 0.3) is 0 Å². The number of carbonyl (C=O) groups excluding carboxylic acids is 1. The van der Waals surface area contributed by atoms with Gasteiger partial charge in [0.15, 0.2) is 0 Å². The molecular formula is C17H21F3N2O2. The van der Waals surface area contributed by atoms with Crippen molar-refractivity contribution in [1.82, 2.24) is 9.80 Å². The minimum absolute atomic E-state index is 0.0152. The number of alkyl halides is 3. The third-order valence-corrected chi connectivity index (χ3v) is 4.78. The number of carbonyl (C=O) groups is 1. The Balaban J connectivity index is 1.76. The first-order valence-electron chi connectivity index (χ1n) is 8.21. The molecule has 0 spiro atoms. The molecule has 4 nitrogen and oxygen atoms in total. The maximum absolute atomic E-state index is 12.9. The molecule has 0 unspecified atom stereocenters. The fraction of sp³-hybridized carbons (Fsp3) is 0.588. The van der Waals surface area contributed by atoms with Gasteiger partial charge < -0.3 is 10.0 Å². The van der Waals surface area contributed by atoms with Crippen LogP contribution in [0.1, 0.15) is 36.4 Å². The second-order valence-electron chi connectivity index (χ2n) is 6.55. The fourth-order valence-electron chi connectivity index (χ4n) is 3.56. The van der Waals surface area contributed by atoms with Gasteiger partial charge in [0, 0.05) is 25.7 Å². The quantitative estimate of drug-likeness (QED) is 0.918. The lowest BCUT2D eigenvalue weighted by Gasteiger charge is -2.26. The fourth-order valence-corrected chi connectivity index (χ4v) is 3.56. The molecule has 2 atom stereocenters. The van der Waals surface area contributed by atoms with E-state index in [4.69, 9.17) is 0 Å². The van der Waals surface area contributed by atoms with Crippen molar-refractivity contribution in [2.45, 2.75) is 37.6 Å². The third kappa shape index (κ3) is 3.72. The van der Waals surface area contributed by atoms with Crippen LogP contribution in [0.5, 0.6) is 0 Å². The van der Waals surface area contributed by atoms with Gasteiger partial charge in [0.1, 0.15) is 0 Å². The van der Waals surface area contributed by atoms with E-state index in [2.05, 4.69) is 0 Å². The smallest absolute Gasteiger partial charge is 0.392 e. The molecule has 24 heavy (non-hydrogen) atoms. The van der Waals surface area contributed by atoms with Gasteiger partial charge >= 0.3 is 6.18 Å². The average molecular weight is 342 g/mol. The Bertz CT molecular complexity index is 600.